The molecule has 1 atom stereocenters. The highest BCUT2D eigenvalue weighted by Crippen LogP contribution is 2.40. The first kappa shape index (κ1) is 22.3. The largest absolute Gasteiger partial charge is 0.573 e. The molecule has 0 saturated heterocycles. The van der Waals surface area contributed by atoms with Gasteiger partial charge >= 0.3 is 6.36 Å². The standard InChI is InChI=1S/C22H20F4N2O3S/c1-27-20-11-5-9-16-18(20)13-28(21(16)17-8-2-3-10-19(17)23)32(29,30)15-7-4-6-14(12-15)31-22(24,25)26/h2-4,6-8,10,12-13,20,27H,5,9,11H2,1H3. The van der Waals surface area contributed by atoms with Crippen molar-refractivity contribution in [3.63, 3.8) is 0 Å². The van der Waals surface area contributed by atoms with Gasteiger partial charge in [-0.15, -0.1) is 13.2 Å². The first-order chi connectivity index (χ1) is 15.1. The second kappa shape index (κ2) is 8.25. The molecule has 0 bridgehead atoms. The quantitative estimate of drug-likeness (QED) is 0.534. The number of fused-ring (bicyclic) bond motifs is 1. The summed E-state index contributed by atoms with van der Waals surface area (Å²) in [4.78, 5) is -0.398. The molecule has 0 spiro atoms. The Morgan fingerprint density at radius 1 is 1.12 bits per heavy atom. The Morgan fingerprint density at radius 2 is 1.88 bits per heavy atom. The van der Waals surface area contributed by atoms with E-state index in [1.807, 2.05) is 0 Å². The molecule has 4 rings (SSSR count). The number of benzene rings is 2. The molecule has 2 aromatic carbocycles. The normalized spacial score (nSPS) is 16.6. The highest BCUT2D eigenvalue weighted by atomic mass is 32.2. The Morgan fingerprint density at radius 3 is 2.56 bits per heavy atom. The molecule has 1 heterocycles. The summed E-state index contributed by atoms with van der Waals surface area (Å²) in [7, 11) is -2.61. The molecule has 10 heteroatoms. The van der Waals surface area contributed by atoms with Gasteiger partial charge in [-0.2, -0.15) is 0 Å². The van der Waals surface area contributed by atoms with Crippen LogP contribution in [0, 0.1) is 5.82 Å². The fourth-order valence-electron chi connectivity index (χ4n) is 4.11. The van der Waals surface area contributed by atoms with E-state index >= 15 is 0 Å². The molecule has 0 aliphatic heterocycles. The third kappa shape index (κ3) is 4.12. The van der Waals surface area contributed by atoms with Crippen LogP contribution in [0.1, 0.15) is 30.0 Å². The van der Waals surface area contributed by atoms with Crippen LogP contribution in [0.3, 0.4) is 0 Å². The van der Waals surface area contributed by atoms with Gasteiger partial charge < -0.3 is 10.1 Å². The van der Waals surface area contributed by atoms with Gasteiger partial charge in [-0.05, 0) is 61.7 Å². The third-order valence-electron chi connectivity index (χ3n) is 5.48. The molecular weight excluding hydrogens is 448 g/mol. The van der Waals surface area contributed by atoms with Gasteiger partial charge in [0.1, 0.15) is 11.6 Å². The minimum atomic E-state index is -4.97. The van der Waals surface area contributed by atoms with E-state index in [9.17, 15) is 26.0 Å². The average Bonchev–Trinajstić information content (AvgIpc) is 3.13. The van der Waals surface area contributed by atoms with Crippen LogP contribution in [0.15, 0.2) is 59.6 Å². The lowest BCUT2D eigenvalue weighted by Gasteiger charge is -2.22. The number of ether oxygens (including phenoxy) is 1. The SMILES string of the molecule is CNC1CCCc2c1cn(S(=O)(=O)c1cccc(OC(F)(F)F)c1)c2-c1ccccc1F. The van der Waals surface area contributed by atoms with E-state index in [1.54, 1.807) is 13.1 Å². The molecular formula is C22H20F4N2O3S. The molecule has 3 aromatic rings. The zero-order valence-electron chi connectivity index (χ0n) is 17.0. The van der Waals surface area contributed by atoms with Crippen LogP contribution in [-0.2, 0) is 16.4 Å². The Bertz CT molecular complexity index is 1250. The highest BCUT2D eigenvalue weighted by molar-refractivity contribution is 7.90. The predicted molar refractivity (Wildman–Crippen MR) is 110 cm³/mol. The number of nitrogens with one attached hydrogen (secondary N) is 1. The smallest absolute Gasteiger partial charge is 0.406 e. The monoisotopic (exact) mass is 468 g/mol. The topological polar surface area (TPSA) is 60.3 Å². The maximum absolute atomic E-state index is 14.8. The summed E-state index contributed by atoms with van der Waals surface area (Å²) in [5.41, 5.74) is 1.72. The molecule has 0 radical (unpaired) electrons. The van der Waals surface area contributed by atoms with E-state index in [1.165, 1.54) is 30.5 Å². The van der Waals surface area contributed by atoms with Gasteiger partial charge in [0.25, 0.3) is 10.0 Å². The number of hydrogen-bond donors (Lipinski definition) is 1. The predicted octanol–water partition coefficient (Wildman–Crippen LogP) is 5.03. The second-order valence-electron chi connectivity index (χ2n) is 7.45. The molecule has 1 aromatic heterocycles. The Kier molecular flexibility index (Phi) is 5.76. The van der Waals surface area contributed by atoms with Crippen molar-refractivity contribution in [1.82, 2.24) is 9.29 Å². The van der Waals surface area contributed by atoms with Crippen LogP contribution in [0.4, 0.5) is 17.6 Å². The van der Waals surface area contributed by atoms with Crippen LogP contribution < -0.4 is 10.1 Å². The number of alkyl halides is 3. The van der Waals surface area contributed by atoms with E-state index in [2.05, 4.69) is 10.1 Å². The summed E-state index contributed by atoms with van der Waals surface area (Å²) in [6.07, 6.45) is -1.42. The van der Waals surface area contributed by atoms with Crippen molar-refractivity contribution in [2.75, 3.05) is 7.05 Å². The van der Waals surface area contributed by atoms with E-state index < -0.39 is 32.8 Å². The Hall–Kier alpha value is -2.85. The molecule has 0 amide bonds. The minimum absolute atomic E-state index is 0.108. The lowest BCUT2D eigenvalue weighted by molar-refractivity contribution is -0.274. The molecule has 32 heavy (non-hydrogen) atoms. The minimum Gasteiger partial charge on any atom is -0.406 e. The van der Waals surface area contributed by atoms with Crippen LogP contribution in [0.2, 0.25) is 0 Å². The van der Waals surface area contributed by atoms with Crippen molar-refractivity contribution in [2.45, 2.75) is 36.6 Å². The summed E-state index contributed by atoms with van der Waals surface area (Å²) in [6, 6.07) is 9.87. The Labute approximate surface area is 182 Å². The van der Waals surface area contributed by atoms with E-state index in [-0.39, 0.29) is 17.3 Å². The molecule has 1 aliphatic carbocycles. The molecule has 0 saturated carbocycles. The zero-order valence-corrected chi connectivity index (χ0v) is 17.8. The second-order valence-corrected chi connectivity index (χ2v) is 9.26. The van der Waals surface area contributed by atoms with Crippen molar-refractivity contribution in [3.05, 3.63) is 71.7 Å². The van der Waals surface area contributed by atoms with E-state index in [4.69, 9.17) is 0 Å². The number of hydrogen-bond acceptors (Lipinski definition) is 4. The molecule has 1 N–H and O–H groups in total. The van der Waals surface area contributed by atoms with Crippen LogP contribution >= 0.6 is 0 Å². The lowest BCUT2D eigenvalue weighted by atomic mass is 9.88. The highest BCUT2D eigenvalue weighted by Gasteiger charge is 2.34. The van der Waals surface area contributed by atoms with Gasteiger partial charge in [0.2, 0.25) is 0 Å². The zero-order chi connectivity index (χ0) is 23.1. The first-order valence-corrected chi connectivity index (χ1v) is 11.3. The molecule has 1 unspecified atom stereocenters. The van der Waals surface area contributed by atoms with Crippen molar-refractivity contribution in [1.29, 1.82) is 0 Å². The van der Waals surface area contributed by atoms with Crippen LogP contribution in [0.5, 0.6) is 5.75 Å². The van der Waals surface area contributed by atoms with E-state index in [0.29, 0.717) is 12.0 Å². The van der Waals surface area contributed by atoms with Crippen molar-refractivity contribution in [3.8, 4) is 17.0 Å². The molecule has 5 nitrogen and oxygen atoms in total. The van der Waals surface area contributed by atoms with Gasteiger partial charge in [0, 0.05) is 23.9 Å². The third-order valence-corrected chi connectivity index (χ3v) is 7.13. The van der Waals surface area contributed by atoms with E-state index in [0.717, 1.165) is 40.6 Å². The number of halogens is 4. The molecule has 0 fully saturated rings. The summed E-state index contributed by atoms with van der Waals surface area (Å²) in [6.45, 7) is 0. The fraction of sp³-hybridized carbons (Fsp3) is 0.273. The van der Waals surface area contributed by atoms with Gasteiger partial charge in [-0.3, -0.25) is 0 Å². The van der Waals surface area contributed by atoms with Gasteiger partial charge in [-0.1, -0.05) is 18.2 Å². The number of rotatable bonds is 5. The van der Waals surface area contributed by atoms with Gasteiger partial charge in [-0.25, -0.2) is 16.8 Å². The summed E-state index contributed by atoms with van der Waals surface area (Å²) in [5.74, 6) is -1.25. The maximum Gasteiger partial charge on any atom is 0.573 e. The molecule has 1 aliphatic rings. The lowest BCUT2D eigenvalue weighted by Crippen LogP contribution is -2.20. The van der Waals surface area contributed by atoms with Crippen molar-refractivity contribution in [2.24, 2.45) is 0 Å². The first-order valence-electron chi connectivity index (χ1n) is 9.89. The fourth-order valence-corrected chi connectivity index (χ4v) is 5.55. The average molecular weight is 468 g/mol. The summed E-state index contributed by atoms with van der Waals surface area (Å²) in [5, 5.41) is 3.15. The van der Waals surface area contributed by atoms with Crippen molar-refractivity contribution >= 4 is 10.0 Å². The summed E-state index contributed by atoms with van der Waals surface area (Å²) < 4.78 is 84.6. The van der Waals surface area contributed by atoms with Crippen molar-refractivity contribution < 1.29 is 30.7 Å². The van der Waals surface area contributed by atoms with Crippen LogP contribution in [-0.4, -0.2) is 25.8 Å². The Balaban J connectivity index is 1.93. The number of aromatic nitrogens is 1. The number of nitrogens with zero attached hydrogens (tertiary/aromatic N) is 1. The van der Waals surface area contributed by atoms with Gasteiger partial charge in [0.05, 0.1) is 10.6 Å². The molecule has 170 valence electrons. The van der Waals surface area contributed by atoms with Gasteiger partial charge in [0.15, 0.2) is 0 Å². The maximum atomic E-state index is 14.8. The van der Waals surface area contributed by atoms with Crippen LogP contribution in [0.25, 0.3) is 11.3 Å². The summed E-state index contributed by atoms with van der Waals surface area (Å²) >= 11 is 0.